The van der Waals surface area contributed by atoms with E-state index in [1.807, 2.05) is 0 Å². The lowest BCUT2D eigenvalue weighted by Gasteiger charge is -2.19. The van der Waals surface area contributed by atoms with Crippen molar-refractivity contribution in [3.8, 4) is 0 Å². The molecule has 0 saturated carbocycles. The average molecular weight is 360 g/mol. The Morgan fingerprint density at radius 1 is 1.43 bits per heavy atom. The highest BCUT2D eigenvalue weighted by Gasteiger charge is 2.27. The topological polar surface area (TPSA) is 122 Å². The van der Waals surface area contributed by atoms with Crippen LogP contribution in [0, 0.1) is 15.5 Å². The number of carbonyl (C=O) groups is 2. The lowest BCUT2D eigenvalue weighted by atomic mass is 9.94. The minimum absolute atomic E-state index is 0.0826. The Morgan fingerprint density at radius 2 is 2.05 bits per heavy atom. The van der Waals surface area contributed by atoms with Gasteiger partial charge in [-0.15, -0.1) is 0 Å². The fourth-order valence-electron chi connectivity index (χ4n) is 1.27. The highest BCUT2D eigenvalue weighted by atomic mass is 79.9. The molecule has 0 aliphatic carbocycles. The van der Waals surface area contributed by atoms with Gasteiger partial charge in [-0.3, -0.25) is 14.9 Å². The van der Waals surface area contributed by atoms with Gasteiger partial charge in [0.15, 0.2) is 0 Å². The number of nitro benzene ring substituents is 1. The van der Waals surface area contributed by atoms with E-state index in [1.165, 1.54) is 32.0 Å². The van der Waals surface area contributed by atoms with Crippen molar-refractivity contribution in [2.45, 2.75) is 13.8 Å². The monoisotopic (exact) mass is 359 g/mol. The van der Waals surface area contributed by atoms with Crippen molar-refractivity contribution in [1.29, 1.82) is 0 Å². The molecule has 1 aromatic carbocycles. The Morgan fingerprint density at radius 3 is 2.57 bits per heavy atom. The van der Waals surface area contributed by atoms with Crippen molar-refractivity contribution in [1.82, 2.24) is 5.32 Å². The number of amides is 2. The molecule has 9 heteroatoms. The van der Waals surface area contributed by atoms with Gasteiger partial charge in [-0.2, -0.15) is 0 Å². The SMILES string of the molecule is CC(C)(CNC(=O)Nc1cc([N+](=O)[O-])ccc1Br)C(=O)O. The van der Waals surface area contributed by atoms with E-state index < -0.39 is 22.3 Å². The van der Waals surface area contributed by atoms with E-state index in [2.05, 4.69) is 26.6 Å². The number of hydrogen-bond acceptors (Lipinski definition) is 4. The van der Waals surface area contributed by atoms with E-state index in [4.69, 9.17) is 5.11 Å². The van der Waals surface area contributed by atoms with Crippen LogP contribution in [0.25, 0.3) is 0 Å². The third kappa shape index (κ3) is 4.71. The zero-order valence-electron chi connectivity index (χ0n) is 11.3. The fourth-order valence-corrected chi connectivity index (χ4v) is 1.61. The number of nitro groups is 1. The van der Waals surface area contributed by atoms with Crippen LogP contribution >= 0.6 is 15.9 Å². The maximum absolute atomic E-state index is 11.7. The van der Waals surface area contributed by atoms with Crippen molar-refractivity contribution in [3.63, 3.8) is 0 Å². The number of nitrogens with one attached hydrogen (secondary N) is 2. The molecular weight excluding hydrogens is 346 g/mol. The van der Waals surface area contributed by atoms with Crippen LogP contribution in [-0.4, -0.2) is 28.6 Å². The van der Waals surface area contributed by atoms with E-state index >= 15 is 0 Å². The number of carbonyl (C=O) groups excluding carboxylic acids is 1. The maximum atomic E-state index is 11.7. The maximum Gasteiger partial charge on any atom is 0.319 e. The number of anilines is 1. The standard InChI is InChI=1S/C12H14BrN3O5/c1-12(2,10(17)18)6-14-11(19)15-9-5-7(16(20)21)3-4-8(9)13/h3-5H,6H2,1-2H3,(H,17,18)(H2,14,15,19). The predicted octanol–water partition coefficient (Wildman–Crippen LogP) is 2.59. The Hall–Kier alpha value is -2.16. The Kier molecular flexibility index (Phi) is 5.25. The number of carboxylic acid groups (broad SMARTS) is 1. The number of nitrogens with zero attached hydrogens (tertiary/aromatic N) is 1. The highest BCUT2D eigenvalue weighted by Crippen LogP contribution is 2.27. The molecule has 0 radical (unpaired) electrons. The Bertz CT molecular complexity index is 588. The van der Waals surface area contributed by atoms with Gasteiger partial charge >= 0.3 is 12.0 Å². The van der Waals surface area contributed by atoms with Gasteiger partial charge in [-0.05, 0) is 35.8 Å². The van der Waals surface area contributed by atoms with Crippen LogP contribution in [0.4, 0.5) is 16.2 Å². The van der Waals surface area contributed by atoms with Gasteiger partial charge in [-0.25, -0.2) is 4.79 Å². The molecule has 1 aromatic rings. The summed E-state index contributed by atoms with van der Waals surface area (Å²) in [5.41, 5.74) is -1.06. The normalized spacial score (nSPS) is 10.8. The largest absolute Gasteiger partial charge is 0.481 e. The molecule has 0 spiro atoms. The molecule has 21 heavy (non-hydrogen) atoms. The van der Waals surface area contributed by atoms with Crippen molar-refractivity contribution in [2.24, 2.45) is 5.41 Å². The fraction of sp³-hybridized carbons (Fsp3) is 0.333. The summed E-state index contributed by atoms with van der Waals surface area (Å²) < 4.78 is 0.473. The highest BCUT2D eigenvalue weighted by molar-refractivity contribution is 9.10. The number of hydrogen-bond donors (Lipinski definition) is 3. The first kappa shape index (κ1) is 16.9. The van der Waals surface area contributed by atoms with Crippen molar-refractivity contribution in [2.75, 3.05) is 11.9 Å². The summed E-state index contributed by atoms with van der Waals surface area (Å²) in [5, 5.41) is 24.4. The first-order chi connectivity index (χ1) is 9.63. The van der Waals surface area contributed by atoms with Gasteiger partial charge in [0.25, 0.3) is 5.69 Å². The summed E-state index contributed by atoms with van der Waals surface area (Å²) in [6, 6.07) is 3.28. The third-order valence-corrected chi connectivity index (χ3v) is 3.37. The van der Waals surface area contributed by atoms with Gasteiger partial charge in [0.1, 0.15) is 0 Å². The summed E-state index contributed by atoms with van der Waals surface area (Å²) >= 11 is 3.16. The van der Waals surface area contributed by atoms with E-state index in [1.54, 1.807) is 0 Å². The number of carboxylic acids is 1. The molecule has 3 N–H and O–H groups in total. The molecule has 0 unspecified atom stereocenters. The molecule has 2 amide bonds. The molecule has 114 valence electrons. The van der Waals surface area contributed by atoms with Crippen molar-refractivity contribution in [3.05, 3.63) is 32.8 Å². The molecule has 0 aliphatic heterocycles. The summed E-state index contributed by atoms with van der Waals surface area (Å²) in [6.07, 6.45) is 0. The zero-order valence-corrected chi connectivity index (χ0v) is 12.9. The van der Waals surface area contributed by atoms with Crippen LogP contribution in [-0.2, 0) is 4.79 Å². The molecule has 0 aliphatic rings. The predicted molar refractivity (Wildman–Crippen MR) is 79.2 cm³/mol. The van der Waals surface area contributed by atoms with E-state index in [0.29, 0.717) is 4.47 Å². The van der Waals surface area contributed by atoms with Crippen molar-refractivity contribution >= 4 is 39.3 Å². The second-order valence-electron chi connectivity index (χ2n) is 4.92. The first-order valence-corrected chi connectivity index (χ1v) is 6.65. The number of non-ortho nitro benzene ring substituents is 1. The van der Waals surface area contributed by atoms with E-state index in [0.717, 1.165) is 0 Å². The smallest absolute Gasteiger partial charge is 0.319 e. The van der Waals surface area contributed by atoms with Gasteiger partial charge in [0.2, 0.25) is 0 Å². The summed E-state index contributed by atoms with van der Waals surface area (Å²) in [4.78, 5) is 32.7. The van der Waals surface area contributed by atoms with Crippen molar-refractivity contribution < 1.29 is 19.6 Å². The lowest BCUT2D eigenvalue weighted by molar-refractivity contribution is -0.384. The second-order valence-corrected chi connectivity index (χ2v) is 5.77. The van der Waals surface area contributed by atoms with Crippen LogP contribution in [0.15, 0.2) is 22.7 Å². The van der Waals surface area contributed by atoms with Gasteiger partial charge in [0, 0.05) is 23.2 Å². The van der Waals surface area contributed by atoms with Crippen LogP contribution in [0.3, 0.4) is 0 Å². The molecular formula is C12H14BrN3O5. The van der Waals surface area contributed by atoms with Gasteiger partial charge in [0.05, 0.1) is 16.0 Å². The molecule has 0 heterocycles. The summed E-state index contributed by atoms with van der Waals surface area (Å²) in [6.45, 7) is 2.86. The number of urea groups is 1. The number of halogens is 1. The summed E-state index contributed by atoms with van der Waals surface area (Å²) in [5.74, 6) is -1.04. The molecule has 0 bridgehead atoms. The Balaban J connectivity index is 2.73. The molecule has 0 atom stereocenters. The number of benzene rings is 1. The van der Waals surface area contributed by atoms with Gasteiger partial charge in [-0.1, -0.05) is 0 Å². The lowest BCUT2D eigenvalue weighted by Crippen LogP contribution is -2.40. The summed E-state index contributed by atoms with van der Waals surface area (Å²) in [7, 11) is 0. The molecule has 0 saturated heterocycles. The molecule has 0 fully saturated rings. The van der Waals surface area contributed by atoms with Crippen LogP contribution in [0.2, 0.25) is 0 Å². The molecule has 1 rings (SSSR count). The number of rotatable bonds is 5. The van der Waals surface area contributed by atoms with Gasteiger partial charge < -0.3 is 15.7 Å². The van der Waals surface area contributed by atoms with Crippen LogP contribution < -0.4 is 10.6 Å². The quantitative estimate of drug-likeness (QED) is 0.550. The Labute approximate surface area is 128 Å². The van der Waals surface area contributed by atoms with E-state index in [-0.39, 0.29) is 17.9 Å². The van der Waals surface area contributed by atoms with Crippen LogP contribution in [0.5, 0.6) is 0 Å². The third-order valence-electron chi connectivity index (χ3n) is 2.68. The average Bonchev–Trinajstić information content (AvgIpc) is 2.38. The van der Waals surface area contributed by atoms with E-state index in [9.17, 15) is 19.7 Å². The minimum atomic E-state index is -1.11. The second kappa shape index (κ2) is 6.53. The van der Waals surface area contributed by atoms with Crippen LogP contribution in [0.1, 0.15) is 13.8 Å². The minimum Gasteiger partial charge on any atom is -0.481 e. The molecule has 8 nitrogen and oxygen atoms in total. The number of aliphatic carboxylic acids is 1. The molecule has 0 aromatic heterocycles. The first-order valence-electron chi connectivity index (χ1n) is 5.85. The zero-order chi connectivity index (χ0) is 16.2.